The van der Waals surface area contributed by atoms with Crippen LogP contribution in [0.25, 0.3) is 11.0 Å². The van der Waals surface area contributed by atoms with Crippen LogP contribution in [0.2, 0.25) is 5.15 Å². The van der Waals surface area contributed by atoms with Gasteiger partial charge in [0.15, 0.2) is 5.65 Å². The topological polar surface area (TPSA) is 90.9 Å². The first-order valence-electron chi connectivity index (χ1n) is 6.02. The van der Waals surface area contributed by atoms with Crippen LogP contribution in [-0.4, -0.2) is 22.4 Å². The van der Waals surface area contributed by atoms with Gasteiger partial charge in [-0.3, -0.25) is 0 Å². The van der Waals surface area contributed by atoms with Crippen molar-refractivity contribution in [1.82, 2.24) is 13.9 Å². The molecule has 8 heteroatoms. The van der Waals surface area contributed by atoms with Gasteiger partial charge in [0.25, 0.3) is 10.0 Å². The van der Waals surface area contributed by atoms with Gasteiger partial charge in [-0.25, -0.2) is 17.4 Å². The predicted octanol–water partition coefficient (Wildman–Crippen LogP) is 2.21. The highest BCUT2D eigenvalue weighted by Gasteiger charge is 2.21. The van der Waals surface area contributed by atoms with Gasteiger partial charge in [-0.1, -0.05) is 29.3 Å². The lowest BCUT2D eigenvalue weighted by molar-refractivity contribution is 0.589. The first-order chi connectivity index (χ1) is 9.89. The fraction of sp³-hybridized carbons (Fsp3) is 0.0769. The summed E-state index contributed by atoms with van der Waals surface area (Å²) in [6.45, 7) is 1.88. The maximum atomic E-state index is 12.7. The van der Waals surface area contributed by atoms with Gasteiger partial charge >= 0.3 is 0 Å². The minimum atomic E-state index is -3.76. The average molecular weight is 323 g/mol. The zero-order chi connectivity index (χ0) is 15.2. The summed E-state index contributed by atoms with van der Waals surface area (Å²) < 4.78 is 26.4. The number of anilines is 1. The normalized spacial score (nSPS) is 11.9. The third-order valence-corrected chi connectivity index (χ3v) is 5.03. The van der Waals surface area contributed by atoms with Crippen LogP contribution in [0.15, 0.2) is 41.4 Å². The Morgan fingerprint density at radius 3 is 2.48 bits per heavy atom. The SMILES string of the molecule is Cc1ccc(S(=O)(=O)n2ccc3c(Cl)nc(N)nc32)cc1. The summed E-state index contributed by atoms with van der Waals surface area (Å²) in [5.74, 6) is -0.0773. The summed E-state index contributed by atoms with van der Waals surface area (Å²) in [6.07, 6.45) is 1.39. The molecular weight excluding hydrogens is 312 g/mol. The van der Waals surface area contributed by atoms with Crippen LogP contribution < -0.4 is 5.73 Å². The third kappa shape index (κ3) is 2.24. The maximum Gasteiger partial charge on any atom is 0.269 e. The van der Waals surface area contributed by atoms with E-state index in [1.807, 2.05) is 6.92 Å². The lowest BCUT2D eigenvalue weighted by Gasteiger charge is -2.07. The van der Waals surface area contributed by atoms with Crippen molar-refractivity contribution in [2.75, 3.05) is 5.73 Å². The Kier molecular flexibility index (Phi) is 3.11. The highest BCUT2D eigenvalue weighted by molar-refractivity contribution is 7.90. The van der Waals surface area contributed by atoms with E-state index in [0.717, 1.165) is 9.54 Å². The standard InChI is InChI=1S/C13H11ClN4O2S/c1-8-2-4-9(5-3-8)21(19,20)18-7-6-10-11(14)16-13(15)17-12(10)18/h2-7H,1H3,(H2,15,16,17). The van der Waals surface area contributed by atoms with E-state index < -0.39 is 10.0 Å². The molecule has 0 aliphatic heterocycles. The quantitative estimate of drug-likeness (QED) is 0.730. The molecule has 6 nitrogen and oxygen atoms in total. The van der Waals surface area contributed by atoms with E-state index in [1.165, 1.54) is 6.20 Å². The summed E-state index contributed by atoms with van der Waals surface area (Å²) in [7, 11) is -3.76. The van der Waals surface area contributed by atoms with Crippen molar-refractivity contribution in [1.29, 1.82) is 0 Å². The molecule has 3 rings (SSSR count). The van der Waals surface area contributed by atoms with Gasteiger partial charge in [0, 0.05) is 6.20 Å². The Bertz CT molecular complexity index is 933. The third-order valence-electron chi connectivity index (χ3n) is 3.06. The summed E-state index contributed by atoms with van der Waals surface area (Å²) in [4.78, 5) is 7.94. The molecule has 2 aromatic heterocycles. The van der Waals surface area contributed by atoms with E-state index in [9.17, 15) is 8.42 Å². The average Bonchev–Trinajstić information content (AvgIpc) is 2.83. The minimum Gasteiger partial charge on any atom is -0.368 e. The number of hydrogen-bond acceptors (Lipinski definition) is 5. The fourth-order valence-corrected chi connectivity index (χ4v) is 3.52. The molecular formula is C13H11ClN4O2S. The predicted molar refractivity (Wildman–Crippen MR) is 80.7 cm³/mol. The van der Waals surface area contributed by atoms with E-state index in [2.05, 4.69) is 9.97 Å². The largest absolute Gasteiger partial charge is 0.368 e. The van der Waals surface area contributed by atoms with Crippen LogP contribution in [0.4, 0.5) is 5.95 Å². The van der Waals surface area contributed by atoms with Gasteiger partial charge in [0.05, 0.1) is 10.3 Å². The number of benzene rings is 1. The van der Waals surface area contributed by atoms with Gasteiger partial charge in [0.1, 0.15) is 5.15 Å². The van der Waals surface area contributed by atoms with Crippen LogP contribution in [0.3, 0.4) is 0 Å². The van der Waals surface area contributed by atoms with E-state index >= 15 is 0 Å². The van der Waals surface area contributed by atoms with Crippen LogP contribution in [0.5, 0.6) is 0 Å². The summed E-state index contributed by atoms with van der Waals surface area (Å²) in [6, 6.07) is 8.10. The van der Waals surface area contributed by atoms with E-state index in [1.54, 1.807) is 30.3 Å². The first-order valence-corrected chi connectivity index (χ1v) is 7.84. The van der Waals surface area contributed by atoms with Crippen molar-refractivity contribution in [3.63, 3.8) is 0 Å². The Morgan fingerprint density at radius 2 is 1.81 bits per heavy atom. The van der Waals surface area contributed by atoms with Crippen molar-refractivity contribution in [2.45, 2.75) is 11.8 Å². The molecule has 0 aliphatic carbocycles. The Hall–Kier alpha value is -2.12. The molecule has 0 unspecified atom stereocenters. The zero-order valence-corrected chi connectivity index (χ0v) is 12.6. The van der Waals surface area contributed by atoms with E-state index in [-0.39, 0.29) is 21.6 Å². The minimum absolute atomic E-state index is 0.0773. The molecule has 0 fully saturated rings. The van der Waals surface area contributed by atoms with Crippen molar-refractivity contribution >= 4 is 38.6 Å². The number of nitrogens with zero attached hydrogens (tertiary/aromatic N) is 3. The number of rotatable bonds is 2. The van der Waals surface area contributed by atoms with Crippen LogP contribution in [0, 0.1) is 6.92 Å². The second-order valence-electron chi connectivity index (χ2n) is 4.54. The molecule has 2 N–H and O–H groups in total. The molecule has 0 bridgehead atoms. The highest BCUT2D eigenvalue weighted by atomic mass is 35.5. The maximum absolute atomic E-state index is 12.7. The van der Waals surface area contributed by atoms with Crippen LogP contribution in [0.1, 0.15) is 5.56 Å². The lowest BCUT2D eigenvalue weighted by atomic mass is 10.2. The smallest absolute Gasteiger partial charge is 0.269 e. The number of nitrogen functional groups attached to an aromatic ring is 1. The van der Waals surface area contributed by atoms with Gasteiger partial charge in [-0.2, -0.15) is 4.98 Å². The molecule has 0 saturated carbocycles. The molecule has 1 aromatic carbocycles. The monoisotopic (exact) mass is 322 g/mol. The van der Waals surface area contributed by atoms with Crippen molar-refractivity contribution in [2.24, 2.45) is 0 Å². The molecule has 2 heterocycles. The van der Waals surface area contributed by atoms with Gasteiger partial charge in [0.2, 0.25) is 5.95 Å². The number of aromatic nitrogens is 3. The molecule has 0 aliphatic rings. The summed E-state index contributed by atoms with van der Waals surface area (Å²) in [5.41, 5.74) is 6.67. The van der Waals surface area contributed by atoms with Crippen molar-refractivity contribution in [3.8, 4) is 0 Å². The lowest BCUT2D eigenvalue weighted by Crippen LogP contribution is -2.13. The van der Waals surface area contributed by atoms with Gasteiger partial charge in [-0.15, -0.1) is 0 Å². The summed E-state index contributed by atoms with van der Waals surface area (Å²) in [5, 5.41) is 0.553. The Labute approximate surface area is 126 Å². The Morgan fingerprint density at radius 1 is 1.14 bits per heavy atom. The summed E-state index contributed by atoms with van der Waals surface area (Å²) >= 11 is 5.95. The zero-order valence-electron chi connectivity index (χ0n) is 11.0. The molecule has 0 saturated heterocycles. The van der Waals surface area contributed by atoms with E-state index in [0.29, 0.717) is 5.39 Å². The number of hydrogen-bond donors (Lipinski definition) is 1. The molecule has 108 valence electrons. The molecule has 0 spiro atoms. The highest BCUT2D eigenvalue weighted by Crippen LogP contribution is 2.25. The molecule has 0 radical (unpaired) electrons. The number of nitrogens with two attached hydrogens (primary N) is 1. The molecule has 21 heavy (non-hydrogen) atoms. The number of halogens is 1. The molecule has 0 atom stereocenters. The number of fused-ring (bicyclic) bond motifs is 1. The van der Waals surface area contributed by atoms with E-state index in [4.69, 9.17) is 17.3 Å². The van der Waals surface area contributed by atoms with Crippen molar-refractivity contribution in [3.05, 3.63) is 47.2 Å². The molecule has 0 amide bonds. The Balaban J connectivity index is 2.27. The van der Waals surface area contributed by atoms with Gasteiger partial charge < -0.3 is 5.73 Å². The van der Waals surface area contributed by atoms with Crippen molar-refractivity contribution < 1.29 is 8.42 Å². The second-order valence-corrected chi connectivity index (χ2v) is 6.71. The second kappa shape index (κ2) is 4.71. The van der Waals surface area contributed by atoms with Crippen LogP contribution >= 0.6 is 11.6 Å². The van der Waals surface area contributed by atoms with Gasteiger partial charge in [-0.05, 0) is 25.1 Å². The number of aryl methyl sites for hydroxylation is 1. The molecule has 3 aromatic rings. The fourth-order valence-electron chi connectivity index (χ4n) is 1.99. The van der Waals surface area contributed by atoms with Crippen LogP contribution in [-0.2, 0) is 10.0 Å². The first kappa shape index (κ1) is 13.8.